The van der Waals surface area contributed by atoms with Crippen LogP contribution in [0.1, 0.15) is 5.56 Å². The third kappa shape index (κ3) is 4.41. The molecule has 0 N–H and O–H groups in total. The highest BCUT2D eigenvalue weighted by Crippen LogP contribution is 2.19. The Bertz CT molecular complexity index is 964. The average molecular weight is 405 g/mol. The second kappa shape index (κ2) is 7.85. The van der Waals surface area contributed by atoms with Crippen molar-refractivity contribution >= 4 is 21.4 Å². The maximum absolute atomic E-state index is 12.6. The molecule has 0 atom stereocenters. The number of nitrogens with zero attached hydrogens (tertiary/aromatic N) is 6. The van der Waals surface area contributed by atoms with Crippen molar-refractivity contribution in [2.45, 2.75) is 12.4 Å². The van der Waals surface area contributed by atoms with Crippen LogP contribution >= 0.6 is 11.3 Å². The Kier molecular flexibility index (Phi) is 5.30. The molecule has 2 aromatic heterocycles. The number of aromatic nitrogens is 4. The molecule has 0 radical (unpaired) electrons. The smallest absolute Gasteiger partial charge is 0.218 e. The molecule has 0 aliphatic carbocycles. The SMILES string of the molecule is O=S(=O)(Cc1ccccc1)N1CCN(Cn2nnc(-c3cccs3)n2)CC1. The standard InChI is InChI=1S/C17H20N6O2S2/c24-27(25,13-15-5-2-1-3-6-15)22-10-8-21(9-11-22)14-23-19-17(18-20-23)16-7-4-12-26-16/h1-7,12H,8-11,13-14H2. The van der Waals surface area contributed by atoms with E-state index in [-0.39, 0.29) is 5.75 Å². The molecule has 0 amide bonds. The Morgan fingerprint density at radius 3 is 2.48 bits per heavy atom. The Labute approximate surface area is 162 Å². The molecule has 10 heteroatoms. The number of benzene rings is 1. The van der Waals surface area contributed by atoms with Gasteiger partial charge in [0.25, 0.3) is 0 Å². The molecule has 1 aliphatic heterocycles. The summed E-state index contributed by atoms with van der Waals surface area (Å²) >= 11 is 1.57. The van der Waals surface area contributed by atoms with Crippen molar-refractivity contribution in [3.8, 4) is 10.7 Å². The van der Waals surface area contributed by atoms with E-state index in [4.69, 9.17) is 0 Å². The predicted octanol–water partition coefficient (Wildman–Crippen LogP) is 1.51. The van der Waals surface area contributed by atoms with Crippen LogP contribution < -0.4 is 0 Å². The summed E-state index contributed by atoms with van der Waals surface area (Å²) in [7, 11) is -3.30. The van der Waals surface area contributed by atoms with E-state index in [2.05, 4.69) is 20.3 Å². The largest absolute Gasteiger partial charge is 0.280 e. The number of piperazine rings is 1. The highest BCUT2D eigenvalue weighted by Gasteiger charge is 2.27. The number of sulfonamides is 1. The van der Waals surface area contributed by atoms with Crippen LogP contribution in [-0.4, -0.2) is 64.0 Å². The van der Waals surface area contributed by atoms with Crippen molar-refractivity contribution in [1.82, 2.24) is 29.4 Å². The second-order valence-corrected chi connectivity index (χ2v) is 9.28. The summed E-state index contributed by atoms with van der Waals surface area (Å²) in [4.78, 5) is 4.68. The van der Waals surface area contributed by atoms with Crippen molar-refractivity contribution in [3.05, 3.63) is 53.4 Å². The molecule has 1 fully saturated rings. The van der Waals surface area contributed by atoms with E-state index in [1.54, 1.807) is 20.4 Å². The van der Waals surface area contributed by atoms with Crippen LogP contribution in [0, 0.1) is 0 Å². The maximum atomic E-state index is 12.6. The van der Waals surface area contributed by atoms with Crippen molar-refractivity contribution in [2.24, 2.45) is 0 Å². The highest BCUT2D eigenvalue weighted by molar-refractivity contribution is 7.88. The molecule has 0 saturated carbocycles. The highest BCUT2D eigenvalue weighted by atomic mass is 32.2. The van der Waals surface area contributed by atoms with Gasteiger partial charge in [0.2, 0.25) is 15.8 Å². The summed E-state index contributed by atoms with van der Waals surface area (Å²) in [5, 5.41) is 14.6. The van der Waals surface area contributed by atoms with E-state index < -0.39 is 10.0 Å². The van der Waals surface area contributed by atoms with Gasteiger partial charge in [-0.05, 0) is 22.2 Å². The van der Waals surface area contributed by atoms with Gasteiger partial charge in [0.05, 0.1) is 10.6 Å². The zero-order valence-corrected chi connectivity index (χ0v) is 16.3. The molecule has 3 aromatic rings. The Morgan fingerprint density at radius 2 is 1.78 bits per heavy atom. The van der Waals surface area contributed by atoms with Crippen LogP contribution in [-0.2, 0) is 22.4 Å². The van der Waals surface area contributed by atoms with Crippen LogP contribution in [0.25, 0.3) is 10.7 Å². The summed E-state index contributed by atoms with van der Waals surface area (Å²) in [6.45, 7) is 2.74. The Hall–Kier alpha value is -2.14. The molecule has 1 saturated heterocycles. The van der Waals surface area contributed by atoms with Crippen LogP contribution in [0.3, 0.4) is 0 Å². The Morgan fingerprint density at radius 1 is 1.00 bits per heavy atom. The lowest BCUT2D eigenvalue weighted by Crippen LogP contribution is -2.49. The first-order valence-electron chi connectivity index (χ1n) is 8.66. The molecule has 1 aliphatic rings. The van der Waals surface area contributed by atoms with Gasteiger partial charge in [-0.2, -0.15) is 4.31 Å². The first-order valence-corrected chi connectivity index (χ1v) is 11.1. The van der Waals surface area contributed by atoms with Gasteiger partial charge < -0.3 is 0 Å². The van der Waals surface area contributed by atoms with Gasteiger partial charge in [-0.3, -0.25) is 4.90 Å². The van der Waals surface area contributed by atoms with Gasteiger partial charge in [-0.25, -0.2) is 8.42 Å². The lowest BCUT2D eigenvalue weighted by Gasteiger charge is -2.33. The topological polar surface area (TPSA) is 84.2 Å². The lowest BCUT2D eigenvalue weighted by molar-refractivity contribution is 0.136. The number of tetrazole rings is 1. The van der Waals surface area contributed by atoms with Crippen molar-refractivity contribution < 1.29 is 8.42 Å². The van der Waals surface area contributed by atoms with Crippen molar-refractivity contribution in [3.63, 3.8) is 0 Å². The van der Waals surface area contributed by atoms with E-state index in [0.717, 1.165) is 10.4 Å². The van der Waals surface area contributed by atoms with E-state index in [0.29, 0.717) is 38.7 Å². The first-order chi connectivity index (χ1) is 13.1. The molecular weight excluding hydrogens is 384 g/mol. The van der Waals surface area contributed by atoms with Crippen LogP contribution in [0.2, 0.25) is 0 Å². The molecule has 0 spiro atoms. The fourth-order valence-electron chi connectivity index (χ4n) is 3.01. The minimum Gasteiger partial charge on any atom is -0.280 e. The van der Waals surface area contributed by atoms with Gasteiger partial charge >= 0.3 is 0 Å². The van der Waals surface area contributed by atoms with Crippen molar-refractivity contribution in [1.29, 1.82) is 0 Å². The zero-order chi connectivity index (χ0) is 18.7. The van der Waals surface area contributed by atoms with Crippen molar-refractivity contribution in [2.75, 3.05) is 26.2 Å². The molecule has 1 aromatic carbocycles. The molecule has 4 rings (SSSR count). The number of thiophene rings is 1. The quantitative estimate of drug-likeness (QED) is 0.619. The minimum absolute atomic E-state index is 0.0443. The summed E-state index contributed by atoms with van der Waals surface area (Å²) in [6, 6.07) is 13.2. The molecule has 27 heavy (non-hydrogen) atoms. The normalized spacial score (nSPS) is 16.6. The predicted molar refractivity (Wildman–Crippen MR) is 103 cm³/mol. The second-order valence-electron chi connectivity index (χ2n) is 6.36. The van der Waals surface area contributed by atoms with Gasteiger partial charge in [-0.1, -0.05) is 36.4 Å². The minimum atomic E-state index is -3.30. The van der Waals surface area contributed by atoms with Crippen LogP contribution in [0.15, 0.2) is 47.8 Å². The van der Waals surface area contributed by atoms with Crippen LogP contribution in [0.4, 0.5) is 0 Å². The molecule has 142 valence electrons. The number of rotatable bonds is 6. The number of hydrogen-bond donors (Lipinski definition) is 0. The third-order valence-corrected chi connectivity index (χ3v) is 7.15. The Balaban J connectivity index is 1.32. The first kappa shape index (κ1) is 18.2. The summed E-state index contributed by atoms with van der Waals surface area (Å²) in [5.74, 6) is 0.664. The fraction of sp³-hybridized carbons (Fsp3) is 0.353. The van der Waals surface area contributed by atoms with E-state index >= 15 is 0 Å². The lowest BCUT2D eigenvalue weighted by atomic mass is 10.2. The molecule has 3 heterocycles. The molecule has 0 unspecified atom stereocenters. The molecular formula is C17H20N6O2S2. The summed E-state index contributed by atoms with van der Waals surface area (Å²) in [5.41, 5.74) is 0.813. The van der Waals surface area contributed by atoms with Gasteiger partial charge in [-0.15, -0.1) is 26.3 Å². The summed E-state index contributed by atoms with van der Waals surface area (Å²) < 4.78 is 26.8. The average Bonchev–Trinajstić information content (AvgIpc) is 3.34. The third-order valence-electron chi connectivity index (χ3n) is 4.44. The van der Waals surface area contributed by atoms with Crippen LogP contribution in [0.5, 0.6) is 0 Å². The van der Waals surface area contributed by atoms with Gasteiger partial charge in [0.1, 0.15) is 6.67 Å². The zero-order valence-electron chi connectivity index (χ0n) is 14.7. The van der Waals surface area contributed by atoms with E-state index in [1.807, 2.05) is 47.8 Å². The number of hydrogen-bond acceptors (Lipinski definition) is 7. The van der Waals surface area contributed by atoms with Gasteiger partial charge in [0.15, 0.2) is 0 Å². The fourth-order valence-corrected chi connectivity index (χ4v) is 5.18. The maximum Gasteiger partial charge on any atom is 0.218 e. The molecule has 8 nitrogen and oxygen atoms in total. The summed E-state index contributed by atoms with van der Waals surface area (Å²) in [6.07, 6.45) is 0. The van der Waals surface area contributed by atoms with Gasteiger partial charge in [0, 0.05) is 26.2 Å². The monoisotopic (exact) mass is 404 g/mol. The van der Waals surface area contributed by atoms with E-state index in [9.17, 15) is 8.42 Å². The van der Waals surface area contributed by atoms with E-state index in [1.165, 1.54) is 0 Å². The molecule has 0 bridgehead atoms.